The minimum absolute atomic E-state index is 0.294. The van der Waals surface area contributed by atoms with Gasteiger partial charge in [0.1, 0.15) is 17.3 Å². The summed E-state index contributed by atoms with van der Waals surface area (Å²) in [7, 11) is 0. The van der Waals surface area contributed by atoms with Crippen LogP contribution in [-0.4, -0.2) is 10.2 Å². The monoisotopic (exact) mass is 349 g/mol. The summed E-state index contributed by atoms with van der Waals surface area (Å²) in [6, 6.07) is 8.55. The molecule has 0 unspecified atom stereocenters. The molecule has 0 saturated heterocycles. The largest absolute Gasteiger partial charge is 0.460 e. The lowest BCUT2D eigenvalue weighted by Gasteiger charge is -2.08. The molecular weight excluding hydrogens is 337 g/mol. The lowest BCUT2D eigenvalue weighted by molar-refractivity contribution is 0.545. The minimum atomic E-state index is -0.294. The van der Waals surface area contributed by atoms with Crippen LogP contribution in [0.25, 0.3) is 11.5 Å². The van der Waals surface area contributed by atoms with E-state index in [-0.39, 0.29) is 5.82 Å². The predicted molar refractivity (Wildman–Crippen MR) is 82.5 cm³/mol. The van der Waals surface area contributed by atoms with Gasteiger partial charge in [0, 0.05) is 16.6 Å². The molecule has 0 aliphatic rings. The number of hydrogen-bond acceptors (Lipinski definition) is 3. The third-order valence-corrected chi connectivity index (χ3v) is 3.60. The molecule has 1 aromatic carbocycles. The molecule has 0 aliphatic heterocycles. The van der Waals surface area contributed by atoms with Gasteiger partial charge < -0.3 is 9.73 Å². The summed E-state index contributed by atoms with van der Waals surface area (Å²) in [4.78, 5) is 0. The molecule has 3 aromatic rings. The van der Waals surface area contributed by atoms with E-state index in [4.69, 9.17) is 4.42 Å². The molecule has 0 atom stereocenters. The summed E-state index contributed by atoms with van der Waals surface area (Å²) in [6.07, 6.45) is 1.70. The highest BCUT2D eigenvalue weighted by Gasteiger charge is 2.11. The number of halogens is 2. The van der Waals surface area contributed by atoms with Crippen LogP contribution in [0.5, 0.6) is 0 Å². The first-order valence-corrected chi connectivity index (χ1v) is 7.21. The quantitative estimate of drug-likeness (QED) is 0.729. The summed E-state index contributed by atoms with van der Waals surface area (Å²) in [5.74, 6) is 1.25. The topological polar surface area (TPSA) is 53.9 Å². The number of furan rings is 1. The maximum absolute atomic E-state index is 13.7. The number of nitrogens with zero attached hydrogens (tertiary/aromatic N) is 1. The van der Waals surface area contributed by atoms with Crippen LogP contribution < -0.4 is 5.32 Å². The summed E-state index contributed by atoms with van der Waals surface area (Å²) in [5.41, 5.74) is 2.14. The van der Waals surface area contributed by atoms with Crippen molar-refractivity contribution in [2.24, 2.45) is 0 Å². The van der Waals surface area contributed by atoms with Crippen LogP contribution in [0.4, 0.5) is 10.1 Å². The van der Waals surface area contributed by atoms with Gasteiger partial charge in [-0.2, -0.15) is 5.10 Å². The van der Waals surface area contributed by atoms with Gasteiger partial charge in [0.15, 0.2) is 5.76 Å². The third kappa shape index (κ3) is 3.00. The highest BCUT2D eigenvalue weighted by Crippen LogP contribution is 2.25. The zero-order valence-corrected chi connectivity index (χ0v) is 12.9. The molecule has 0 fully saturated rings. The molecular formula is C15H13BrFN3O. The van der Waals surface area contributed by atoms with Crippen LogP contribution in [0.2, 0.25) is 0 Å². The van der Waals surface area contributed by atoms with E-state index >= 15 is 0 Å². The van der Waals surface area contributed by atoms with E-state index in [1.54, 1.807) is 18.3 Å². The van der Waals surface area contributed by atoms with Gasteiger partial charge >= 0.3 is 0 Å². The second-order valence-corrected chi connectivity index (χ2v) is 5.57. The maximum Gasteiger partial charge on any atom is 0.152 e. The molecule has 2 aromatic heterocycles. The van der Waals surface area contributed by atoms with Crippen molar-refractivity contribution in [2.75, 3.05) is 5.32 Å². The van der Waals surface area contributed by atoms with Crippen molar-refractivity contribution < 1.29 is 8.81 Å². The highest BCUT2D eigenvalue weighted by molar-refractivity contribution is 9.10. The van der Waals surface area contributed by atoms with E-state index in [0.717, 1.165) is 27.3 Å². The van der Waals surface area contributed by atoms with Crippen LogP contribution >= 0.6 is 15.9 Å². The average molecular weight is 350 g/mol. The molecule has 2 N–H and O–H groups in total. The SMILES string of the molecule is Cc1ccc(-c2[nH]ncc2CNc2cc(Br)ccc2F)o1. The second-order valence-electron chi connectivity index (χ2n) is 4.66. The number of anilines is 1. The second kappa shape index (κ2) is 5.73. The number of hydrogen-bond donors (Lipinski definition) is 2. The van der Waals surface area contributed by atoms with Gasteiger partial charge in [0.2, 0.25) is 0 Å². The molecule has 4 nitrogen and oxygen atoms in total. The number of aromatic nitrogens is 2. The van der Waals surface area contributed by atoms with Crippen LogP contribution in [-0.2, 0) is 6.54 Å². The molecule has 108 valence electrons. The van der Waals surface area contributed by atoms with Crippen molar-refractivity contribution in [3.05, 3.63) is 58.1 Å². The van der Waals surface area contributed by atoms with E-state index in [2.05, 4.69) is 31.4 Å². The van der Waals surface area contributed by atoms with Crippen molar-refractivity contribution in [3.63, 3.8) is 0 Å². The Morgan fingerprint density at radius 1 is 1.33 bits per heavy atom. The summed E-state index contributed by atoms with van der Waals surface area (Å²) in [5, 5.41) is 10.0. The highest BCUT2D eigenvalue weighted by atomic mass is 79.9. The van der Waals surface area contributed by atoms with Crippen molar-refractivity contribution in [1.29, 1.82) is 0 Å². The van der Waals surface area contributed by atoms with Gasteiger partial charge in [-0.25, -0.2) is 4.39 Å². The van der Waals surface area contributed by atoms with Gasteiger partial charge in [0.05, 0.1) is 11.9 Å². The lowest BCUT2D eigenvalue weighted by atomic mass is 10.2. The van der Waals surface area contributed by atoms with Crippen LogP contribution in [0.15, 0.2) is 45.4 Å². The standard InChI is InChI=1S/C15H13BrFN3O/c1-9-2-5-14(21-9)15-10(8-19-20-15)7-18-13-6-11(16)3-4-12(13)17/h2-6,8,18H,7H2,1H3,(H,19,20). The van der Waals surface area contributed by atoms with E-state index in [1.807, 2.05) is 19.1 Å². The smallest absolute Gasteiger partial charge is 0.152 e. The van der Waals surface area contributed by atoms with E-state index < -0.39 is 0 Å². The van der Waals surface area contributed by atoms with Gasteiger partial charge in [-0.3, -0.25) is 5.10 Å². The molecule has 0 amide bonds. The Morgan fingerprint density at radius 3 is 2.95 bits per heavy atom. The Balaban J connectivity index is 1.80. The Bertz CT molecular complexity index is 766. The number of nitrogens with one attached hydrogen (secondary N) is 2. The first-order chi connectivity index (χ1) is 10.1. The molecule has 21 heavy (non-hydrogen) atoms. The molecule has 3 rings (SSSR count). The number of aromatic amines is 1. The first-order valence-electron chi connectivity index (χ1n) is 6.41. The van der Waals surface area contributed by atoms with Gasteiger partial charge in [-0.05, 0) is 37.3 Å². The third-order valence-electron chi connectivity index (χ3n) is 3.10. The Kier molecular flexibility index (Phi) is 3.79. The summed E-state index contributed by atoms with van der Waals surface area (Å²) >= 11 is 3.33. The minimum Gasteiger partial charge on any atom is -0.460 e. The van der Waals surface area contributed by atoms with Crippen molar-refractivity contribution in [1.82, 2.24) is 10.2 Å². The summed E-state index contributed by atoms with van der Waals surface area (Å²) in [6.45, 7) is 2.33. The maximum atomic E-state index is 13.7. The molecule has 0 aliphatic carbocycles. The Hall–Kier alpha value is -2.08. The molecule has 2 heterocycles. The Labute approximate surface area is 129 Å². The number of rotatable bonds is 4. The van der Waals surface area contributed by atoms with Crippen LogP contribution in [0.3, 0.4) is 0 Å². The molecule has 0 radical (unpaired) electrons. The zero-order chi connectivity index (χ0) is 14.8. The Morgan fingerprint density at radius 2 is 2.19 bits per heavy atom. The van der Waals surface area contributed by atoms with Gasteiger partial charge in [-0.15, -0.1) is 0 Å². The fraction of sp³-hybridized carbons (Fsp3) is 0.133. The van der Waals surface area contributed by atoms with E-state index in [1.165, 1.54) is 6.07 Å². The summed E-state index contributed by atoms with van der Waals surface area (Å²) < 4.78 is 20.1. The molecule has 0 saturated carbocycles. The normalized spacial score (nSPS) is 10.8. The molecule has 6 heteroatoms. The number of benzene rings is 1. The van der Waals surface area contributed by atoms with Crippen LogP contribution in [0, 0.1) is 12.7 Å². The number of aryl methyl sites for hydroxylation is 1. The van der Waals surface area contributed by atoms with Crippen molar-refractivity contribution in [3.8, 4) is 11.5 Å². The van der Waals surface area contributed by atoms with E-state index in [9.17, 15) is 4.39 Å². The van der Waals surface area contributed by atoms with Gasteiger partial charge in [0.25, 0.3) is 0 Å². The van der Waals surface area contributed by atoms with Crippen molar-refractivity contribution >= 4 is 21.6 Å². The first kappa shape index (κ1) is 13.9. The van der Waals surface area contributed by atoms with Crippen molar-refractivity contribution in [2.45, 2.75) is 13.5 Å². The van der Waals surface area contributed by atoms with E-state index in [0.29, 0.717) is 12.2 Å². The van der Waals surface area contributed by atoms with Crippen LogP contribution in [0.1, 0.15) is 11.3 Å². The fourth-order valence-electron chi connectivity index (χ4n) is 2.05. The predicted octanol–water partition coefficient (Wildman–Crippen LogP) is 4.49. The average Bonchev–Trinajstić information content (AvgIpc) is 3.08. The lowest BCUT2D eigenvalue weighted by Crippen LogP contribution is -2.01. The zero-order valence-electron chi connectivity index (χ0n) is 11.3. The molecule has 0 bridgehead atoms. The van der Waals surface area contributed by atoms with Gasteiger partial charge in [-0.1, -0.05) is 15.9 Å². The number of H-pyrrole nitrogens is 1. The molecule has 0 spiro atoms. The fourth-order valence-corrected chi connectivity index (χ4v) is 2.41.